The quantitative estimate of drug-likeness (QED) is 0.739. The second-order valence-electron chi connectivity index (χ2n) is 4.50. The first kappa shape index (κ1) is 14.7. The summed E-state index contributed by atoms with van der Waals surface area (Å²) in [4.78, 5) is 13.6. The van der Waals surface area contributed by atoms with E-state index in [1.54, 1.807) is 7.11 Å². The maximum Gasteiger partial charge on any atom is 0.234 e. The van der Waals surface area contributed by atoms with E-state index in [4.69, 9.17) is 4.74 Å². The van der Waals surface area contributed by atoms with Gasteiger partial charge in [0.05, 0.1) is 13.2 Å². The highest BCUT2D eigenvalue weighted by Gasteiger charge is 2.06. The lowest BCUT2D eigenvalue weighted by atomic mass is 10.1. The molecule has 0 aliphatic carbocycles. The number of rotatable bonds is 7. The molecule has 0 bridgehead atoms. The zero-order valence-electron chi connectivity index (χ0n) is 11.4. The van der Waals surface area contributed by atoms with Gasteiger partial charge in [-0.1, -0.05) is 29.8 Å². The molecule has 0 saturated heterocycles. The van der Waals surface area contributed by atoms with Crippen LogP contribution in [0.3, 0.4) is 0 Å². The highest BCUT2D eigenvalue weighted by atomic mass is 16.5. The van der Waals surface area contributed by atoms with Crippen LogP contribution in [0, 0.1) is 6.92 Å². The van der Waals surface area contributed by atoms with E-state index in [0.29, 0.717) is 19.7 Å². The highest BCUT2D eigenvalue weighted by molar-refractivity contribution is 5.77. The number of benzene rings is 1. The molecule has 0 aromatic heterocycles. The lowest BCUT2D eigenvalue weighted by molar-refractivity contribution is -0.122. The average molecular weight is 250 g/mol. The molecule has 0 atom stereocenters. The zero-order chi connectivity index (χ0) is 13.4. The minimum atomic E-state index is 0.0293. The minimum Gasteiger partial charge on any atom is -0.383 e. The summed E-state index contributed by atoms with van der Waals surface area (Å²) in [5.41, 5.74) is 2.46. The molecule has 100 valence electrons. The van der Waals surface area contributed by atoms with E-state index < -0.39 is 0 Å². The fourth-order valence-corrected chi connectivity index (χ4v) is 1.65. The lowest BCUT2D eigenvalue weighted by Crippen LogP contribution is -2.36. The van der Waals surface area contributed by atoms with E-state index in [1.807, 2.05) is 11.9 Å². The first-order valence-corrected chi connectivity index (χ1v) is 6.11. The molecule has 4 heteroatoms. The topological polar surface area (TPSA) is 41.6 Å². The molecule has 0 aliphatic heterocycles. The van der Waals surface area contributed by atoms with Gasteiger partial charge in [0, 0.05) is 20.2 Å². The van der Waals surface area contributed by atoms with Crippen LogP contribution in [0.15, 0.2) is 24.3 Å². The van der Waals surface area contributed by atoms with Gasteiger partial charge in [-0.15, -0.1) is 0 Å². The van der Waals surface area contributed by atoms with Crippen molar-refractivity contribution < 1.29 is 9.53 Å². The zero-order valence-corrected chi connectivity index (χ0v) is 11.4. The van der Waals surface area contributed by atoms with Gasteiger partial charge in [-0.05, 0) is 19.5 Å². The molecule has 1 amide bonds. The standard InChI is InChI=1S/C14H22N2O2/c1-12-4-6-13(7-5-12)10-16(2)11-14(17)15-8-9-18-3/h4-7H,8-11H2,1-3H3,(H,15,17). The van der Waals surface area contributed by atoms with Crippen LogP contribution in [0.25, 0.3) is 0 Å². The summed E-state index contributed by atoms with van der Waals surface area (Å²) >= 11 is 0. The fourth-order valence-electron chi connectivity index (χ4n) is 1.65. The number of amides is 1. The van der Waals surface area contributed by atoms with Crippen LogP contribution in [0.5, 0.6) is 0 Å². The van der Waals surface area contributed by atoms with Gasteiger partial charge in [0.25, 0.3) is 0 Å². The Bertz CT molecular complexity index is 363. The molecule has 0 aliphatic rings. The summed E-state index contributed by atoms with van der Waals surface area (Å²) in [6.07, 6.45) is 0. The molecule has 0 saturated carbocycles. The number of likely N-dealkylation sites (N-methyl/N-ethyl adjacent to an activating group) is 1. The molecule has 0 radical (unpaired) electrons. The van der Waals surface area contributed by atoms with E-state index in [1.165, 1.54) is 11.1 Å². The van der Waals surface area contributed by atoms with Crippen LogP contribution >= 0.6 is 0 Å². The van der Waals surface area contributed by atoms with E-state index in [9.17, 15) is 4.79 Å². The molecule has 18 heavy (non-hydrogen) atoms. The third-order valence-corrected chi connectivity index (χ3v) is 2.61. The Morgan fingerprint density at radius 2 is 2.00 bits per heavy atom. The Kier molecular flexibility index (Phi) is 6.39. The van der Waals surface area contributed by atoms with Crippen molar-refractivity contribution in [1.82, 2.24) is 10.2 Å². The first-order valence-electron chi connectivity index (χ1n) is 6.11. The number of hydrogen-bond donors (Lipinski definition) is 1. The van der Waals surface area contributed by atoms with Crippen molar-refractivity contribution in [2.45, 2.75) is 13.5 Å². The van der Waals surface area contributed by atoms with Gasteiger partial charge in [-0.2, -0.15) is 0 Å². The maximum absolute atomic E-state index is 11.6. The van der Waals surface area contributed by atoms with Crippen LogP contribution in [-0.4, -0.2) is 44.7 Å². The van der Waals surface area contributed by atoms with Crippen molar-refractivity contribution in [2.75, 3.05) is 33.9 Å². The molecule has 1 rings (SSSR count). The van der Waals surface area contributed by atoms with Crippen LogP contribution < -0.4 is 5.32 Å². The van der Waals surface area contributed by atoms with E-state index >= 15 is 0 Å². The Labute approximate surface area is 109 Å². The Morgan fingerprint density at radius 1 is 1.33 bits per heavy atom. The van der Waals surface area contributed by atoms with Gasteiger partial charge in [0.2, 0.25) is 5.91 Å². The molecule has 0 spiro atoms. The Hall–Kier alpha value is -1.39. The monoisotopic (exact) mass is 250 g/mol. The van der Waals surface area contributed by atoms with Crippen molar-refractivity contribution in [3.8, 4) is 0 Å². The molecular formula is C14H22N2O2. The SMILES string of the molecule is COCCNC(=O)CN(C)Cc1ccc(C)cc1. The number of methoxy groups -OCH3 is 1. The third kappa shape index (κ3) is 5.80. The van der Waals surface area contributed by atoms with Crippen LogP contribution in [0.2, 0.25) is 0 Å². The van der Waals surface area contributed by atoms with E-state index in [-0.39, 0.29) is 5.91 Å². The Balaban J connectivity index is 2.30. The summed E-state index contributed by atoms with van der Waals surface area (Å²) in [6.45, 7) is 4.35. The van der Waals surface area contributed by atoms with Crippen LogP contribution in [-0.2, 0) is 16.1 Å². The molecule has 0 heterocycles. The van der Waals surface area contributed by atoms with E-state index in [2.05, 4.69) is 36.5 Å². The number of aryl methyl sites for hydroxylation is 1. The summed E-state index contributed by atoms with van der Waals surface area (Å²) in [5.74, 6) is 0.0293. The van der Waals surface area contributed by atoms with Crippen molar-refractivity contribution in [1.29, 1.82) is 0 Å². The molecule has 1 aromatic carbocycles. The van der Waals surface area contributed by atoms with Crippen molar-refractivity contribution >= 4 is 5.91 Å². The van der Waals surface area contributed by atoms with E-state index in [0.717, 1.165) is 6.54 Å². The molecule has 4 nitrogen and oxygen atoms in total. The predicted octanol–water partition coefficient (Wildman–Crippen LogP) is 1.19. The average Bonchev–Trinajstić information content (AvgIpc) is 2.32. The van der Waals surface area contributed by atoms with Gasteiger partial charge < -0.3 is 10.1 Å². The van der Waals surface area contributed by atoms with Gasteiger partial charge in [-0.3, -0.25) is 9.69 Å². The van der Waals surface area contributed by atoms with Crippen molar-refractivity contribution in [3.05, 3.63) is 35.4 Å². The lowest BCUT2D eigenvalue weighted by Gasteiger charge is -2.16. The highest BCUT2D eigenvalue weighted by Crippen LogP contribution is 2.05. The number of ether oxygens (including phenoxy) is 1. The van der Waals surface area contributed by atoms with Crippen LogP contribution in [0.1, 0.15) is 11.1 Å². The number of carbonyl (C=O) groups is 1. The number of carbonyl (C=O) groups excluding carboxylic acids is 1. The minimum absolute atomic E-state index is 0.0293. The van der Waals surface area contributed by atoms with Gasteiger partial charge in [0.15, 0.2) is 0 Å². The largest absolute Gasteiger partial charge is 0.383 e. The molecule has 0 fully saturated rings. The third-order valence-electron chi connectivity index (χ3n) is 2.61. The van der Waals surface area contributed by atoms with Gasteiger partial charge in [0.1, 0.15) is 0 Å². The summed E-state index contributed by atoms with van der Waals surface area (Å²) in [7, 11) is 3.56. The number of nitrogens with zero attached hydrogens (tertiary/aromatic N) is 1. The summed E-state index contributed by atoms with van der Waals surface area (Å²) < 4.78 is 4.88. The Morgan fingerprint density at radius 3 is 2.61 bits per heavy atom. The molecular weight excluding hydrogens is 228 g/mol. The normalized spacial score (nSPS) is 10.7. The number of nitrogens with one attached hydrogen (secondary N) is 1. The second kappa shape index (κ2) is 7.84. The summed E-state index contributed by atoms with van der Waals surface area (Å²) in [5, 5.41) is 2.80. The fraction of sp³-hybridized carbons (Fsp3) is 0.500. The molecule has 0 unspecified atom stereocenters. The summed E-state index contributed by atoms with van der Waals surface area (Å²) in [6, 6.07) is 8.35. The molecule has 1 N–H and O–H groups in total. The molecule has 1 aromatic rings. The van der Waals surface area contributed by atoms with Crippen molar-refractivity contribution in [2.24, 2.45) is 0 Å². The second-order valence-corrected chi connectivity index (χ2v) is 4.50. The van der Waals surface area contributed by atoms with Gasteiger partial charge in [-0.25, -0.2) is 0 Å². The van der Waals surface area contributed by atoms with Crippen molar-refractivity contribution in [3.63, 3.8) is 0 Å². The predicted molar refractivity (Wildman–Crippen MR) is 72.4 cm³/mol. The smallest absolute Gasteiger partial charge is 0.234 e. The number of hydrogen-bond acceptors (Lipinski definition) is 3. The first-order chi connectivity index (χ1) is 8.61. The van der Waals surface area contributed by atoms with Crippen LogP contribution in [0.4, 0.5) is 0 Å². The van der Waals surface area contributed by atoms with Gasteiger partial charge >= 0.3 is 0 Å². The maximum atomic E-state index is 11.6.